The van der Waals surface area contributed by atoms with E-state index < -0.39 is 6.09 Å². The van der Waals surface area contributed by atoms with Gasteiger partial charge in [0.15, 0.2) is 0 Å². The molecule has 3 amide bonds. The molecule has 0 spiro atoms. The second-order valence-corrected chi connectivity index (χ2v) is 10.1. The molecule has 0 unspecified atom stereocenters. The molecular formula is C30H31ClN4O4. The maximum absolute atomic E-state index is 14.1. The Morgan fingerprint density at radius 3 is 2.51 bits per heavy atom. The smallest absolute Gasteiger partial charge is 0.414 e. The van der Waals surface area contributed by atoms with Gasteiger partial charge >= 0.3 is 6.09 Å². The van der Waals surface area contributed by atoms with Gasteiger partial charge in [0.1, 0.15) is 0 Å². The molecular weight excluding hydrogens is 516 g/mol. The zero-order chi connectivity index (χ0) is 27.7. The van der Waals surface area contributed by atoms with Crippen molar-refractivity contribution in [1.29, 1.82) is 0 Å². The van der Waals surface area contributed by atoms with Gasteiger partial charge in [-0.15, -0.1) is 0 Å². The monoisotopic (exact) mass is 546 g/mol. The predicted molar refractivity (Wildman–Crippen MR) is 154 cm³/mol. The van der Waals surface area contributed by atoms with Crippen molar-refractivity contribution in [3.05, 3.63) is 82.9 Å². The summed E-state index contributed by atoms with van der Waals surface area (Å²) in [6.07, 6.45) is 0.114. The summed E-state index contributed by atoms with van der Waals surface area (Å²) in [4.78, 5) is 44.7. The Balaban J connectivity index is 1.52. The minimum atomic E-state index is -0.434. The van der Waals surface area contributed by atoms with E-state index in [2.05, 4.69) is 5.32 Å². The summed E-state index contributed by atoms with van der Waals surface area (Å²) in [7, 11) is 0. The van der Waals surface area contributed by atoms with Gasteiger partial charge in [-0.25, -0.2) is 4.79 Å². The van der Waals surface area contributed by atoms with Gasteiger partial charge in [0.25, 0.3) is 5.91 Å². The lowest BCUT2D eigenvalue weighted by molar-refractivity contribution is -0.117. The van der Waals surface area contributed by atoms with E-state index >= 15 is 0 Å². The highest BCUT2D eigenvalue weighted by atomic mass is 35.5. The number of para-hydroxylation sites is 1. The molecule has 2 heterocycles. The molecule has 2 aliphatic heterocycles. The zero-order valence-electron chi connectivity index (χ0n) is 22.2. The number of nitrogens with one attached hydrogen (secondary N) is 1. The Morgan fingerprint density at radius 1 is 1.05 bits per heavy atom. The predicted octanol–water partition coefficient (Wildman–Crippen LogP) is 6.26. The highest BCUT2D eigenvalue weighted by molar-refractivity contribution is 6.30. The molecule has 0 aromatic heterocycles. The maximum Gasteiger partial charge on any atom is 0.414 e. The Labute approximate surface area is 233 Å². The Bertz CT molecular complexity index is 1410. The molecule has 39 heavy (non-hydrogen) atoms. The fraction of sp³-hybridized carbons (Fsp3) is 0.300. The van der Waals surface area contributed by atoms with Crippen LogP contribution in [0.3, 0.4) is 0 Å². The fourth-order valence-electron chi connectivity index (χ4n) is 5.51. The average molecular weight is 547 g/mol. The summed E-state index contributed by atoms with van der Waals surface area (Å²) < 4.78 is 5.24. The number of amides is 3. The van der Waals surface area contributed by atoms with Crippen LogP contribution in [0.15, 0.2) is 66.7 Å². The normalized spacial score (nSPS) is 17.9. The number of carbonyl (C=O) groups excluding carboxylic acids is 3. The first-order chi connectivity index (χ1) is 18.8. The second kappa shape index (κ2) is 11.0. The molecule has 5 rings (SSSR count). The first-order valence-electron chi connectivity index (χ1n) is 13.1. The molecule has 0 saturated carbocycles. The molecule has 0 aliphatic carbocycles. The van der Waals surface area contributed by atoms with Crippen LogP contribution in [0.25, 0.3) is 0 Å². The van der Waals surface area contributed by atoms with E-state index in [1.807, 2.05) is 49.4 Å². The van der Waals surface area contributed by atoms with Gasteiger partial charge < -0.3 is 19.9 Å². The lowest BCUT2D eigenvalue weighted by atomic mass is 9.89. The lowest BCUT2D eigenvalue weighted by Gasteiger charge is -2.43. The molecule has 3 aromatic rings. The zero-order valence-corrected chi connectivity index (χ0v) is 22.9. The molecule has 8 nitrogen and oxygen atoms in total. The van der Waals surface area contributed by atoms with Gasteiger partial charge in [0, 0.05) is 48.0 Å². The number of hydrogen-bond acceptors (Lipinski definition) is 5. The third-order valence-corrected chi connectivity index (χ3v) is 7.46. The first kappa shape index (κ1) is 26.6. The van der Waals surface area contributed by atoms with E-state index in [0.29, 0.717) is 35.8 Å². The van der Waals surface area contributed by atoms with Crippen molar-refractivity contribution in [2.24, 2.45) is 0 Å². The maximum atomic E-state index is 14.1. The molecule has 3 aromatic carbocycles. The molecule has 202 valence electrons. The standard InChI is InChI=1S/C30H31ClN4O4/c1-4-39-30(38)33-16-15-32-25-14-9-21(18-28(25)33)29(37)34-19(2)17-27(24-7-5-6-8-26(24)34)35(20(3)36)23-12-10-22(31)11-13-23/h5-14,18-19,27,32H,4,15-17H2,1-3H3/t19-,27+/m0/s1. The van der Waals surface area contributed by atoms with E-state index in [0.717, 1.165) is 22.6 Å². The number of hydrogen-bond donors (Lipinski definition) is 1. The Morgan fingerprint density at radius 2 is 1.79 bits per heavy atom. The molecule has 9 heteroatoms. The van der Waals surface area contributed by atoms with Crippen LogP contribution in [-0.4, -0.2) is 43.6 Å². The van der Waals surface area contributed by atoms with Crippen LogP contribution in [-0.2, 0) is 9.53 Å². The number of halogens is 1. The number of fused-ring (bicyclic) bond motifs is 2. The number of carbonyl (C=O) groups is 3. The van der Waals surface area contributed by atoms with Crippen LogP contribution in [0.4, 0.5) is 27.5 Å². The lowest BCUT2D eigenvalue weighted by Crippen LogP contribution is -2.47. The molecule has 2 atom stereocenters. The van der Waals surface area contributed by atoms with Crippen molar-refractivity contribution in [3.8, 4) is 0 Å². The molecule has 0 saturated heterocycles. The summed E-state index contributed by atoms with van der Waals surface area (Å²) >= 11 is 6.10. The number of nitrogens with zero attached hydrogens (tertiary/aromatic N) is 3. The highest BCUT2D eigenvalue weighted by Crippen LogP contribution is 2.43. The second-order valence-electron chi connectivity index (χ2n) is 9.71. The van der Waals surface area contributed by atoms with E-state index in [-0.39, 0.29) is 30.5 Å². The summed E-state index contributed by atoms with van der Waals surface area (Å²) in [5.41, 5.74) is 4.25. The van der Waals surface area contributed by atoms with E-state index in [1.54, 1.807) is 52.8 Å². The van der Waals surface area contributed by atoms with Gasteiger partial charge in [0.05, 0.1) is 24.0 Å². The minimum absolute atomic E-state index is 0.0923. The van der Waals surface area contributed by atoms with Crippen LogP contribution in [0, 0.1) is 0 Å². The molecule has 0 bridgehead atoms. The quantitative estimate of drug-likeness (QED) is 0.417. The molecule has 2 aliphatic rings. The summed E-state index contributed by atoms with van der Waals surface area (Å²) in [6, 6.07) is 19.8. The summed E-state index contributed by atoms with van der Waals surface area (Å²) in [6.45, 7) is 6.62. The van der Waals surface area contributed by atoms with Gasteiger partial charge in [-0.1, -0.05) is 29.8 Å². The van der Waals surface area contributed by atoms with Crippen molar-refractivity contribution in [3.63, 3.8) is 0 Å². The number of rotatable bonds is 4. The molecule has 0 radical (unpaired) electrons. The molecule has 0 fully saturated rings. The SMILES string of the molecule is CCOC(=O)N1CCNc2ccc(C(=O)N3c4ccccc4[C@H](N(C(C)=O)c4ccc(Cl)cc4)C[C@@H]3C)cc21. The van der Waals surface area contributed by atoms with Gasteiger partial charge in [-0.3, -0.25) is 14.5 Å². The summed E-state index contributed by atoms with van der Waals surface area (Å²) in [5.74, 6) is -0.267. The first-order valence-corrected chi connectivity index (χ1v) is 13.5. The third kappa shape index (κ3) is 5.04. The van der Waals surface area contributed by atoms with Crippen LogP contribution in [0.5, 0.6) is 0 Å². The van der Waals surface area contributed by atoms with Crippen LogP contribution in [0.2, 0.25) is 5.02 Å². The topological polar surface area (TPSA) is 82.2 Å². The van der Waals surface area contributed by atoms with Crippen molar-refractivity contribution in [1.82, 2.24) is 0 Å². The van der Waals surface area contributed by atoms with Crippen molar-refractivity contribution >= 4 is 52.3 Å². The van der Waals surface area contributed by atoms with Crippen molar-refractivity contribution in [2.45, 2.75) is 39.3 Å². The molecule has 1 N–H and O–H groups in total. The van der Waals surface area contributed by atoms with Crippen LogP contribution >= 0.6 is 11.6 Å². The van der Waals surface area contributed by atoms with Crippen LogP contribution < -0.4 is 20.0 Å². The number of anilines is 4. The van der Waals surface area contributed by atoms with Gasteiger partial charge in [-0.05, 0) is 74.4 Å². The summed E-state index contributed by atoms with van der Waals surface area (Å²) in [5, 5.41) is 3.88. The van der Waals surface area contributed by atoms with Crippen molar-refractivity contribution < 1.29 is 19.1 Å². The average Bonchev–Trinajstić information content (AvgIpc) is 2.93. The largest absolute Gasteiger partial charge is 0.449 e. The van der Waals surface area contributed by atoms with E-state index in [1.165, 1.54) is 0 Å². The minimum Gasteiger partial charge on any atom is -0.449 e. The Kier molecular flexibility index (Phi) is 7.48. The van der Waals surface area contributed by atoms with E-state index in [9.17, 15) is 14.4 Å². The van der Waals surface area contributed by atoms with Crippen LogP contribution in [0.1, 0.15) is 49.2 Å². The van der Waals surface area contributed by atoms with Gasteiger partial charge in [0.2, 0.25) is 5.91 Å². The number of benzene rings is 3. The van der Waals surface area contributed by atoms with E-state index in [4.69, 9.17) is 16.3 Å². The van der Waals surface area contributed by atoms with Crippen molar-refractivity contribution in [2.75, 3.05) is 39.7 Å². The third-order valence-electron chi connectivity index (χ3n) is 7.21. The highest BCUT2D eigenvalue weighted by Gasteiger charge is 2.38. The number of ether oxygens (including phenoxy) is 1. The Hall–Kier alpha value is -4.04. The van der Waals surface area contributed by atoms with Gasteiger partial charge in [-0.2, -0.15) is 0 Å². The fourth-order valence-corrected chi connectivity index (χ4v) is 5.63.